The van der Waals surface area contributed by atoms with E-state index in [-0.39, 0.29) is 17.5 Å². The highest BCUT2D eigenvalue weighted by molar-refractivity contribution is 7.19. The first-order valence-corrected chi connectivity index (χ1v) is 11.3. The van der Waals surface area contributed by atoms with E-state index in [2.05, 4.69) is 21.7 Å². The van der Waals surface area contributed by atoms with Crippen LogP contribution in [0.25, 0.3) is 20.7 Å². The molecule has 2 aromatic carbocycles. The van der Waals surface area contributed by atoms with Gasteiger partial charge in [0.1, 0.15) is 16.7 Å². The molecule has 0 spiro atoms. The van der Waals surface area contributed by atoms with E-state index in [1.165, 1.54) is 11.3 Å². The van der Waals surface area contributed by atoms with Crippen LogP contribution in [0.1, 0.15) is 15.4 Å². The number of carbonyl (C=O) groups excluding carboxylic acids is 2. The van der Waals surface area contributed by atoms with Gasteiger partial charge in [0.2, 0.25) is 5.91 Å². The van der Waals surface area contributed by atoms with Gasteiger partial charge >= 0.3 is 0 Å². The number of thiazole rings is 1. The van der Waals surface area contributed by atoms with Crippen LogP contribution in [-0.4, -0.2) is 29.9 Å². The van der Waals surface area contributed by atoms with Crippen LogP contribution in [0.5, 0.6) is 0 Å². The van der Waals surface area contributed by atoms with Gasteiger partial charge in [-0.1, -0.05) is 41.9 Å². The van der Waals surface area contributed by atoms with Crippen molar-refractivity contribution in [1.29, 1.82) is 0 Å². The van der Waals surface area contributed by atoms with Crippen LogP contribution in [0.2, 0.25) is 5.02 Å². The van der Waals surface area contributed by atoms with Crippen molar-refractivity contribution in [1.82, 2.24) is 15.6 Å². The van der Waals surface area contributed by atoms with Crippen LogP contribution in [0, 0.1) is 0 Å². The summed E-state index contributed by atoms with van der Waals surface area (Å²) in [7, 11) is 1.56. The number of rotatable bonds is 6. The fraction of sp³-hybridized carbons (Fsp3) is 0.136. The van der Waals surface area contributed by atoms with Crippen LogP contribution in [0.15, 0.2) is 60.0 Å². The summed E-state index contributed by atoms with van der Waals surface area (Å²) >= 11 is 8.92. The van der Waals surface area contributed by atoms with Crippen LogP contribution < -0.4 is 10.6 Å². The molecule has 2 heterocycles. The number of hydrogen-bond donors (Lipinski definition) is 2. The minimum Gasteiger partial charge on any atom is -0.357 e. The average Bonchev–Trinajstić information content (AvgIpc) is 3.40. The number of amides is 2. The molecule has 0 saturated heterocycles. The molecular formula is C22H18ClN3O2S2. The zero-order chi connectivity index (χ0) is 21.1. The fourth-order valence-corrected chi connectivity index (χ4v) is 5.10. The van der Waals surface area contributed by atoms with E-state index < -0.39 is 6.04 Å². The van der Waals surface area contributed by atoms with Gasteiger partial charge in [-0.05, 0) is 29.7 Å². The molecule has 0 fully saturated rings. The Hall–Kier alpha value is -2.74. The number of nitrogens with zero attached hydrogens (tertiary/aromatic N) is 1. The second-order valence-electron chi connectivity index (χ2n) is 6.64. The van der Waals surface area contributed by atoms with E-state index in [1.807, 2.05) is 36.4 Å². The topological polar surface area (TPSA) is 71.1 Å². The Morgan fingerprint density at radius 3 is 2.63 bits per heavy atom. The number of aromatic nitrogens is 1. The van der Waals surface area contributed by atoms with E-state index in [9.17, 15) is 9.59 Å². The summed E-state index contributed by atoms with van der Waals surface area (Å²) in [6, 6.07) is 16.7. The maximum Gasteiger partial charge on any atom is 0.271 e. The Morgan fingerprint density at radius 2 is 1.90 bits per heavy atom. The summed E-state index contributed by atoms with van der Waals surface area (Å²) in [5.41, 5.74) is 1.17. The first-order chi connectivity index (χ1) is 14.5. The number of nitrogens with one attached hydrogen (secondary N) is 2. The lowest BCUT2D eigenvalue weighted by Crippen LogP contribution is -2.47. The van der Waals surface area contributed by atoms with Crippen molar-refractivity contribution in [2.75, 3.05) is 7.05 Å². The molecule has 4 rings (SSSR count). The first-order valence-electron chi connectivity index (χ1n) is 9.25. The van der Waals surface area contributed by atoms with Gasteiger partial charge in [-0.25, -0.2) is 4.98 Å². The number of hydrogen-bond acceptors (Lipinski definition) is 5. The summed E-state index contributed by atoms with van der Waals surface area (Å²) in [5.74, 6) is -0.616. The monoisotopic (exact) mass is 455 g/mol. The molecule has 0 aliphatic rings. The first kappa shape index (κ1) is 20.5. The quantitative estimate of drug-likeness (QED) is 0.440. The van der Waals surface area contributed by atoms with E-state index in [0.29, 0.717) is 11.4 Å². The summed E-state index contributed by atoms with van der Waals surface area (Å²) in [6.45, 7) is 0. The zero-order valence-corrected chi connectivity index (χ0v) is 18.4. The predicted molar refractivity (Wildman–Crippen MR) is 123 cm³/mol. The molecule has 0 unspecified atom stereocenters. The standard InChI is InChI=1S/C22H18ClN3O2S2/c1-24-20(27)17(11-16-10-14-4-2-3-5-19(14)30-16)25-21(28)18-12-29-22(26-18)13-6-8-15(23)9-7-13/h2-10,12,17H,11H2,1H3,(H,24,27)(H,25,28)/t17-/m0/s1. The molecular weight excluding hydrogens is 438 g/mol. The number of likely N-dealkylation sites (N-methyl/N-ethyl adjacent to an activating group) is 1. The lowest BCUT2D eigenvalue weighted by molar-refractivity contribution is -0.122. The molecule has 0 saturated carbocycles. The molecule has 0 aliphatic carbocycles. The molecule has 8 heteroatoms. The zero-order valence-electron chi connectivity index (χ0n) is 16.0. The molecule has 152 valence electrons. The number of thiophene rings is 1. The van der Waals surface area contributed by atoms with Crippen molar-refractivity contribution < 1.29 is 9.59 Å². The normalized spacial score (nSPS) is 11.9. The number of fused-ring (bicyclic) bond motifs is 1. The Labute approximate surface area is 186 Å². The third-order valence-corrected chi connectivity index (χ3v) is 6.86. The lowest BCUT2D eigenvalue weighted by atomic mass is 10.1. The van der Waals surface area contributed by atoms with Gasteiger partial charge in [-0.15, -0.1) is 22.7 Å². The summed E-state index contributed by atoms with van der Waals surface area (Å²) < 4.78 is 1.15. The fourth-order valence-electron chi connectivity index (χ4n) is 3.06. The van der Waals surface area contributed by atoms with E-state index in [0.717, 1.165) is 25.5 Å². The second-order valence-corrected chi connectivity index (χ2v) is 9.10. The number of benzene rings is 2. The van der Waals surface area contributed by atoms with Gasteiger partial charge < -0.3 is 10.6 Å². The highest BCUT2D eigenvalue weighted by Gasteiger charge is 2.23. The highest BCUT2D eigenvalue weighted by atomic mass is 35.5. The van der Waals surface area contributed by atoms with Crippen molar-refractivity contribution in [2.24, 2.45) is 0 Å². The smallest absolute Gasteiger partial charge is 0.271 e. The molecule has 0 aliphatic heterocycles. The third kappa shape index (κ3) is 4.53. The van der Waals surface area contributed by atoms with E-state index in [4.69, 9.17) is 11.6 Å². The van der Waals surface area contributed by atoms with Crippen LogP contribution in [0.3, 0.4) is 0 Å². The molecule has 30 heavy (non-hydrogen) atoms. The van der Waals surface area contributed by atoms with Crippen molar-refractivity contribution in [2.45, 2.75) is 12.5 Å². The molecule has 5 nitrogen and oxygen atoms in total. The van der Waals surface area contributed by atoms with Gasteiger partial charge in [0.25, 0.3) is 5.91 Å². The average molecular weight is 456 g/mol. The molecule has 0 radical (unpaired) electrons. The third-order valence-electron chi connectivity index (χ3n) is 4.58. The van der Waals surface area contributed by atoms with Crippen molar-refractivity contribution in [3.63, 3.8) is 0 Å². The van der Waals surface area contributed by atoms with E-state index in [1.54, 1.807) is 35.9 Å². The summed E-state index contributed by atoms with van der Waals surface area (Å²) in [6.07, 6.45) is 0.416. The van der Waals surface area contributed by atoms with Crippen LogP contribution >= 0.6 is 34.3 Å². The second kappa shape index (κ2) is 8.95. The maximum absolute atomic E-state index is 12.8. The highest BCUT2D eigenvalue weighted by Crippen LogP contribution is 2.27. The largest absolute Gasteiger partial charge is 0.357 e. The molecule has 0 bridgehead atoms. The Kier molecular flexibility index (Phi) is 6.13. The van der Waals surface area contributed by atoms with Crippen molar-refractivity contribution >= 4 is 56.2 Å². The van der Waals surface area contributed by atoms with E-state index >= 15 is 0 Å². The summed E-state index contributed by atoms with van der Waals surface area (Å²) in [4.78, 5) is 30.6. The van der Waals surface area contributed by atoms with Gasteiger partial charge in [0.15, 0.2) is 0 Å². The Bertz CT molecular complexity index is 1170. The molecule has 4 aromatic rings. The molecule has 2 N–H and O–H groups in total. The number of halogens is 1. The number of carbonyl (C=O) groups is 2. The minimum absolute atomic E-state index is 0.242. The Balaban J connectivity index is 1.51. The van der Waals surface area contributed by atoms with Crippen LogP contribution in [0.4, 0.5) is 0 Å². The summed E-state index contributed by atoms with van der Waals surface area (Å²) in [5, 5.41) is 9.65. The Morgan fingerprint density at radius 1 is 1.13 bits per heavy atom. The molecule has 1 atom stereocenters. The lowest BCUT2D eigenvalue weighted by Gasteiger charge is -2.15. The maximum atomic E-state index is 12.8. The molecule has 2 aromatic heterocycles. The van der Waals surface area contributed by atoms with Gasteiger partial charge in [-0.3, -0.25) is 9.59 Å². The molecule has 2 amide bonds. The predicted octanol–water partition coefficient (Wildman–Crippen LogP) is 4.77. The SMILES string of the molecule is CNC(=O)[C@H](Cc1cc2ccccc2s1)NC(=O)c1csc(-c2ccc(Cl)cc2)n1. The van der Waals surface area contributed by atoms with Gasteiger partial charge in [0, 0.05) is 39.0 Å². The van der Waals surface area contributed by atoms with Crippen molar-refractivity contribution in [3.05, 3.63) is 75.6 Å². The van der Waals surface area contributed by atoms with Gasteiger partial charge in [0.05, 0.1) is 0 Å². The van der Waals surface area contributed by atoms with Crippen LogP contribution in [-0.2, 0) is 11.2 Å². The van der Waals surface area contributed by atoms with Crippen molar-refractivity contribution in [3.8, 4) is 10.6 Å². The van der Waals surface area contributed by atoms with Gasteiger partial charge in [-0.2, -0.15) is 0 Å². The minimum atomic E-state index is -0.684.